The third-order valence-corrected chi connectivity index (χ3v) is 1.84. The predicted octanol–water partition coefficient (Wildman–Crippen LogP) is 1.91. The van der Waals surface area contributed by atoms with E-state index >= 15 is 0 Å². The second-order valence-corrected chi connectivity index (χ2v) is 3.16. The normalized spacial score (nSPS) is 9.64. The van der Waals surface area contributed by atoms with Crippen LogP contribution in [0, 0.1) is 5.41 Å². The van der Waals surface area contributed by atoms with E-state index in [0.717, 1.165) is 15.6 Å². The van der Waals surface area contributed by atoms with Gasteiger partial charge in [-0.2, -0.15) is 0 Å². The fourth-order valence-corrected chi connectivity index (χ4v) is 1.43. The first kappa shape index (κ1) is 8.43. The summed E-state index contributed by atoms with van der Waals surface area (Å²) in [7, 11) is 0. The molecule has 3 heteroatoms. The lowest BCUT2D eigenvalue weighted by atomic mass is 10.1. The Hall–Kier alpha value is -0.670. The third-order valence-electron chi connectivity index (χ3n) is 1.38. The molecule has 0 saturated heterocycles. The van der Waals surface area contributed by atoms with Gasteiger partial charge in [0.15, 0.2) is 0 Å². The molecule has 0 radical (unpaired) electrons. The Labute approximate surface area is 74.1 Å². The van der Waals surface area contributed by atoms with Crippen molar-refractivity contribution in [2.24, 2.45) is 5.73 Å². The van der Waals surface area contributed by atoms with Gasteiger partial charge in [0, 0.05) is 17.2 Å². The Morgan fingerprint density at radius 2 is 2.18 bits per heavy atom. The van der Waals surface area contributed by atoms with Gasteiger partial charge in [0.2, 0.25) is 0 Å². The quantitative estimate of drug-likeness (QED) is 0.724. The number of nitrogens with one attached hydrogen (secondary N) is 1. The van der Waals surface area contributed by atoms with Gasteiger partial charge in [-0.15, -0.1) is 0 Å². The molecule has 0 aliphatic rings. The van der Waals surface area contributed by atoms with Crippen molar-refractivity contribution in [2.45, 2.75) is 6.54 Å². The molecule has 0 amide bonds. The highest BCUT2D eigenvalue weighted by Crippen LogP contribution is 2.14. The topological polar surface area (TPSA) is 49.9 Å². The van der Waals surface area contributed by atoms with Crippen molar-refractivity contribution < 1.29 is 0 Å². The van der Waals surface area contributed by atoms with E-state index in [1.807, 2.05) is 18.2 Å². The maximum atomic E-state index is 7.03. The number of halogens is 1. The Balaban J connectivity index is 3.11. The number of hydrogen-bond acceptors (Lipinski definition) is 2. The molecule has 0 bridgehead atoms. The highest BCUT2D eigenvalue weighted by molar-refractivity contribution is 9.10. The van der Waals surface area contributed by atoms with Crippen LogP contribution in [0.5, 0.6) is 0 Å². The van der Waals surface area contributed by atoms with E-state index in [1.165, 1.54) is 6.21 Å². The molecule has 58 valence electrons. The van der Waals surface area contributed by atoms with Crippen LogP contribution < -0.4 is 5.73 Å². The van der Waals surface area contributed by atoms with Crippen LogP contribution in [0.25, 0.3) is 0 Å². The molecule has 3 N–H and O–H groups in total. The SMILES string of the molecule is N=Cc1cc(Br)cc(CN)c1. The van der Waals surface area contributed by atoms with Gasteiger partial charge in [-0.3, -0.25) is 0 Å². The summed E-state index contributed by atoms with van der Waals surface area (Å²) in [5, 5.41) is 7.03. The van der Waals surface area contributed by atoms with E-state index in [4.69, 9.17) is 11.1 Å². The van der Waals surface area contributed by atoms with Crippen LogP contribution in [-0.2, 0) is 6.54 Å². The van der Waals surface area contributed by atoms with Crippen molar-refractivity contribution in [1.29, 1.82) is 5.41 Å². The molecule has 0 aromatic heterocycles. The summed E-state index contributed by atoms with van der Waals surface area (Å²) in [6, 6.07) is 5.73. The Bertz CT molecular complexity index is 271. The van der Waals surface area contributed by atoms with E-state index in [2.05, 4.69) is 15.9 Å². The zero-order valence-corrected chi connectivity index (χ0v) is 7.56. The Kier molecular flexibility index (Phi) is 2.79. The highest BCUT2D eigenvalue weighted by Gasteiger charge is 1.94. The average Bonchev–Trinajstić information content (AvgIpc) is 2.03. The second kappa shape index (κ2) is 3.64. The summed E-state index contributed by atoms with van der Waals surface area (Å²) in [4.78, 5) is 0. The summed E-state index contributed by atoms with van der Waals surface area (Å²) in [6.07, 6.45) is 1.31. The van der Waals surface area contributed by atoms with Gasteiger partial charge in [0.1, 0.15) is 0 Å². The van der Waals surface area contributed by atoms with Gasteiger partial charge in [0.05, 0.1) is 0 Å². The molecule has 1 rings (SSSR count). The highest BCUT2D eigenvalue weighted by atomic mass is 79.9. The average molecular weight is 213 g/mol. The van der Waals surface area contributed by atoms with Crippen molar-refractivity contribution in [3.8, 4) is 0 Å². The first-order valence-electron chi connectivity index (χ1n) is 3.26. The lowest BCUT2D eigenvalue weighted by molar-refractivity contribution is 1.07. The van der Waals surface area contributed by atoms with E-state index in [0.29, 0.717) is 6.54 Å². The van der Waals surface area contributed by atoms with E-state index in [-0.39, 0.29) is 0 Å². The van der Waals surface area contributed by atoms with Gasteiger partial charge >= 0.3 is 0 Å². The molecule has 1 aromatic rings. The summed E-state index contributed by atoms with van der Waals surface area (Å²) >= 11 is 3.34. The molecule has 0 unspecified atom stereocenters. The van der Waals surface area contributed by atoms with Gasteiger partial charge in [-0.1, -0.05) is 15.9 Å². The van der Waals surface area contributed by atoms with E-state index in [9.17, 15) is 0 Å². The minimum Gasteiger partial charge on any atom is -0.326 e. The molecule has 0 saturated carbocycles. The van der Waals surface area contributed by atoms with Crippen molar-refractivity contribution in [2.75, 3.05) is 0 Å². The van der Waals surface area contributed by atoms with Crippen LogP contribution in [0.2, 0.25) is 0 Å². The Morgan fingerprint density at radius 1 is 1.45 bits per heavy atom. The maximum Gasteiger partial charge on any atom is 0.0250 e. The lowest BCUT2D eigenvalue weighted by Gasteiger charge is -1.99. The maximum absolute atomic E-state index is 7.03. The molecular weight excluding hydrogens is 204 g/mol. The number of hydrogen-bond donors (Lipinski definition) is 2. The van der Waals surface area contributed by atoms with E-state index in [1.54, 1.807) is 0 Å². The lowest BCUT2D eigenvalue weighted by Crippen LogP contribution is -1.97. The minimum atomic E-state index is 0.514. The number of rotatable bonds is 2. The second-order valence-electron chi connectivity index (χ2n) is 2.24. The zero-order valence-electron chi connectivity index (χ0n) is 5.97. The molecule has 0 fully saturated rings. The predicted molar refractivity (Wildman–Crippen MR) is 49.9 cm³/mol. The van der Waals surface area contributed by atoms with Crippen molar-refractivity contribution in [3.63, 3.8) is 0 Å². The summed E-state index contributed by atoms with van der Waals surface area (Å²) in [5.41, 5.74) is 7.36. The largest absolute Gasteiger partial charge is 0.326 e. The first-order valence-corrected chi connectivity index (χ1v) is 4.05. The summed E-state index contributed by atoms with van der Waals surface area (Å²) < 4.78 is 0.971. The van der Waals surface area contributed by atoms with Crippen LogP contribution in [0.15, 0.2) is 22.7 Å². The van der Waals surface area contributed by atoms with Crippen molar-refractivity contribution in [3.05, 3.63) is 33.8 Å². The number of nitrogens with two attached hydrogens (primary N) is 1. The third kappa shape index (κ3) is 2.13. The van der Waals surface area contributed by atoms with Crippen LogP contribution in [0.1, 0.15) is 11.1 Å². The zero-order chi connectivity index (χ0) is 8.27. The molecule has 0 spiro atoms. The Morgan fingerprint density at radius 3 is 2.73 bits per heavy atom. The molecule has 0 atom stereocenters. The van der Waals surface area contributed by atoms with Crippen molar-refractivity contribution >= 4 is 22.1 Å². The number of benzene rings is 1. The molecule has 0 heterocycles. The molecular formula is C8H9BrN2. The van der Waals surface area contributed by atoms with Crippen LogP contribution in [0.4, 0.5) is 0 Å². The smallest absolute Gasteiger partial charge is 0.0250 e. The van der Waals surface area contributed by atoms with Crippen LogP contribution in [-0.4, -0.2) is 6.21 Å². The molecule has 0 aliphatic carbocycles. The molecule has 2 nitrogen and oxygen atoms in total. The monoisotopic (exact) mass is 212 g/mol. The van der Waals surface area contributed by atoms with Crippen molar-refractivity contribution in [1.82, 2.24) is 0 Å². The summed E-state index contributed by atoms with van der Waals surface area (Å²) in [5.74, 6) is 0. The molecule has 11 heavy (non-hydrogen) atoms. The fraction of sp³-hybridized carbons (Fsp3) is 0.125. The van der Waals surface area contributed by atoms with Crippen LogP contribution >= 0.6 is 15.9 Å². The van der Waals surface area contributed by atoms with Crippen LogP contribution in [0.3, 0.4) is 0 Å². The van der Waals surface area contributed by atoms with Gasteiger partial charge in [-0.05, 0) is 29.3 Å². The molecule has 1 aromatic carbocycles. The fourth-order valence-electron chi connectivity index (χ4n) is 0.877. The van der Waals surface area contributed by atoms with Gasteiger partial charge in [-0.25, -0.2) is 0 Å². The van der Waals surface area contributed by atoms with Gasteiger partial charge in [0.25, 0.3) is 0 Å². The standard InChI is InChI=1S/C8H9BrN2/c9-8-2-6(4-10)1-7(3-8)5-11/h1-4,10H,5,11H2. The summed E-state index contributed by atoms with van der Waals surface area (Å²) in [6.45, 7) is 0.514. The van der Waals surface area contributed by atoms with E-state index < -0.39 is 0 Å². The minimum absolute atomic E-state index is 0.514. The first-order chi connectivity index (χ1) is 5.26. The molecule has 0 aliphatic heterocycles. The van der Waals surface area contributed by atoms with Gasteiger partial charge < -0.3 is 11.1 Å².